The van der Waals surface area contributed by atoms with E-state index in [9.17, 15) is 9.90 Å². The van der Waals surface area contributed by atoms with Gasteiger partial charge in [-0.25, -0.2) is 5.48 Å². The summed E-state index contributed by atoms with van der Waals surface area (Å²) in [6.45, 7) is 5.46. The fourth-order valence-electron chi connectivity index (χ4n) is 2.58. The van der Waals surface area contributed by atoms with Gasteiger partial charge in [0.25, 0.3) is 5.91 Å². The number of hydroxylamine groups is 1. The van der Waals surface area contributed by atoms with E-state index in [1.54, 1.807) is 5.48 Å². The first-order chi connectivity index (χ1) is 11.4. The summed E-state index contributed by atoms with van der Waals surface area (Å²) < 4.78 is 0. The predicted octanol–water partition coefficient (Wildman–Crippen LogP) is 2.57. The Labute approximate surface area is 142 Å². The van der Waals surface area contributed by atoms with E-state index < -0.39 is 18.1 Å². The number of amides is 1. The highest BCUT2D eigenvalue weighted by atomic mass is 16.5. The molecule has 0 aliphatic heterocycles. The van der Waals surface area contributed by atoms with Gasteiger partial charge >= 0.3 is 0 Å². The molecule has 0 heterocycles. The maximum absolute atomic E-state index is 11.6. The van der Waals surface area contributed by atoms with Crippen molar-refractivity contribution in [3.8, 4) is 11.1 Å². The normalized spacial score (nSPS) is 14.7. The summed E-state index contributed by atoms with van der Waals surface area (Å²) in [7, 11) is 0. The Morgan fingerprint density at radius 2 is 1.46 bits per heavy atom. The van der Waals surface area contributed by atoms with Crippen molar-refractivity contribution in [1.29, 1.82) is 0 Å². The maximum Gasteiger partial charge on any atom is 0.263 e. The molecule has 0 aliphatic rings. The fraction of sp³-hybridized carbons (Fsp3) is 0.316. The van der Waals surface area contributed by atoms with Gasteiger partial charge in [0.2, 0.25) is 0 Å². The minimum atomic E-state index is -0.925. The van der Waals surface area contributed by atoms with Crippen LogP contribution in [0.5, 0.6) is 0 Å². The lowest BCUT2D eigenvalue weighted by Crippen LogP contribution is -2.50. The van der Waals surface area contributed by atoms with E-state index >= 15 is 0 Å². The van der Waals surface area contributed by atoms with E-state index in [-0.39, 0.29) is 6.04 Å². The van der Waals surface area contributed by atoms with E-state index in [0.29, 0.717) is 0 Å². The second-order valence-electron chi connectivity index (χ2n) is 6.07. The third-order valence-electron chi connectivity index (χ3n) is 4.10. The van der Waals surface area contributed by atoms with Crippen molar-refractivity contribution in [1.82, 2.24) is 10.8 Å². The van der Waals surface area contributed by atoms with Crippen LogP contribution in [0.3, 0.4) is 0 Å². The van der Waals surface area contributed by atoms with Crippen LogP contribution in [0.25, 0.3) is 11.1 Å². The fourth-order valence-corrected chi connectivity index (χ4v) is 2.58. The van der Waals surface area contributed by atoms with Crippen molar-refractivity contribution in [2.45, 2.75) is 39.0 Å². The number of benzene rings is 2. The monoisotopic (exact) mass is 328 g/mol. The molecule has 0 spiro atoms. The second-order valence-corrected chi connectivity index (χ2v) is 6.07. The standard InChI is InChI=1S/C19H24N2O3/c1-12-4-6-16(7-5-12)17-10-8-15(9-11-17)13(2)20-18(14(3)22)19(23)21-24/h4-11,13-14,18,20,22,24H,1-3H3,(H,21,23)/t13?,14-,18+/m1/s1. The highest BCUT2D eigenvalue weighted by molar-refractivity contribution is 5.81. The van der Waals surface area contributed by atoms with Gasteiger partial charge < -0.3 is 5.11 Å². The van der Waals surface area contributed by atoms with Gasteiger partial charge in [-0.05, 0) is 37.5 Å². The van der Waals surface area contributed by atoms with Crippen LogP contribution in [0, 0.1) is 6.92 Å². The van der Waals surface area contributed by atoms with E-state index in [4.69, 9.17) is 5.21 Å². The highest BCUT2D eigenvalue weighted by Crippen LogP contribution is 2.22. The van der Waals surface area contributed by atoms with Crippen LogP contribution in [-0.4, -0.2) is 28.4 Å². The van der Waals surface area contributed by atoms with Crippen molar-refractivity contribution in [2.24, 2.45) is 0 Å². The molecule has 0 saturated carbocycles. The minimum absolute atomic E-state index is 0.158. The lowest BCUT2D eigenvalue weighted by atomic mass is 10.00. The van der Waals surface area contributed by atoms with Gasteiger partial charge in [0.15, 0.2) is 0 Å². The number of aryl methyl sites for hydroxylation is 1. The zero-order valence-electron chi connectivity index (χ0n) is 14.2. The molecule has 0 saturated heterocycles. The smallest absolute Gasteiger partial charge is 0.263 e. The molecule has 24 heavy (non-hydrogen) atoms. The van der Waals surface area contributed by atoms with Crippen molar-refractivity contribution < 1.29 is 15.1 Å². The topological polar surface area (TPSA) is 81.6 Å². The Hall–Kier alpha value is -2.21. The lowest BCUT2D eigenvalue weighted by Gasteiger charge is -2.24. The van der Waals surface area contributed by atoms with Crippen LogP contribution < -0.4 is 10.8 Å². The van der Waals surface area contributed by atoms with E-state index in [1.165, 1.54) is 12.5 Å². The van der Waals surface area contributed by atoms with Gasteiger partial charge in [-0.3, -0.25) is 15.3 Å². The molecule has 2 aromatic carbocycles. The predicted molar refractivity (Wildman–Crippen MR) is 93.6 cm³/mol. The van der Waals surface area contributed by atoms with E-state index in [2.05, 4.69) is 36.5 Å². The van der Waals surface area contributed by atoms with Crippen LogP contribution in [-0.2, 0) is 4.79 Å². The van der Waals surface area contributed by atoms with Gasteiger partial charge in [0, 0.05) is 6.04 Å². The SMILES string of the molecule is Cc1ccc(-c2ccc(C(C)N[C@H](C(=O)NO)[C@@H](C)O)cc2)cc1. The third-order valence-corrected chi connectivity index (χ3v) is 4.10. The summed E-state index contributed by atoms with van der Waals surface area (Å²) in [5.41, 5.74) is 6.05. The molecule has 5 heteroatoms. The van der Waals surface area contributed by atoms with Crippen molar-refractivity contribution >= 4 is 5.91 Å². The zero-order chi connectivity index (χ0) is 17.7. The molecule has 2 aromatic rings. The van der Waals surface area contributed by atoms with E-state index in [0.717, 1.165) is 16.7 Å². The largest absolute Gasteiger partial charge is 0.391 e. The molecular weight excluding hydrogens is 304 g/mol. The average Bonchev–Trinajstić information content (AvgIpc) is 2.59. The number of rotatable bonds is 6. The maximum atomic E-state index is 11.6. The summed E-state index contributed by atoms with van der Waals surface area (Å²) >= 11 is 0. The van der Waals surface area contributed by atoms with Crippen molar-refractivity contribution in [3.05, 3.63) is 59.7 Å². The number of hydrogen-bond acceptors (Lipinski definition) is 4. The number of carbonyl (C=O) groups excluding carboxylic acids is 1. The third kappa shape index (κ3) is 4.41. The Balaban J connectivity index is 2.11. The van der Waals surface area contributed by atoms with Crippen molar-refractivity contribution in [2.75, 3.05) is 0 Å². The van der Waals surface area contributed by atoms with Gasteiger partial charge in [0.05, 0.1) is 6.10 Å². The number of aliphatic hydroxyl groups is 1. The number of hydrogen-bond donors (Lipinski definition) is 4. The molecule has 2 rings (SSSR count). The van der Waals surface area contributed by atoms with Gasteiger partial charge in [0.1, 0.15) is 6.04 Å². The lowest BCUT2D eigenvalue weighted by molar-refractivity contribution is -0.134. The second kappa shape index (κ2) is 8.06. The molecule has 128 valence electrons. The summed E-state index contributed by atoms with van der Waals surface area (Å²) in [6.07, 6.45) is -0.925. The molecule has 0 radical (unpaired) electrons. The first-order valence-corrected chi connectivity index (χ1v) is 7.97. The molecule has 3 atom stereocenters. The van der Waals surface area contributed by atoms with Crippen LogP contribution in [0.4, 0.5) is 0 Å². The summed E-state index contributed by atoms with van der Waals surface area (Å²) in [5.74, 6) is -0.659. The molecule has 0 aromatic heterocycles. The molecule has 1 unspecified atom stereocenters. The Bertz CT molecular complexity index is 666. The van der Waals surface area contributed by atoms with Crippen LogP contribution >= 0.6 is 0 Å². The molecular formula is C19H24N2O3. The van der Waals surface area contributed by atoms with Gasteiger partial charge in [-0.2, -0.15) is 0 Å². The summed E-state index contributed by atoms with van der Waals surface area (Å²) in [6, 6.07) is 15.3. The van der Waals surface area contributed by atoms with Gasteiger partial charge in [-0.15, -0.1) is 0 Å². The Kier molecular flexibility index (Phi) is 6.09. The average molecular weight is 328 g/mol. The first-order valence-electron chi connectivity index (χ1n) is 7.97. The number of nitrogens with one attached hydrogen (secondary N) is 2. The highest BCUT2D eigenvalue weighted by Gasteiger charge is 2.25. The van der Waals surface area contributed by atoms with Crippen LogP contribution in [0.2, 0.25) is 0 Å². The molecule has 0 aliphatic carbocycles. The van der Waals surface area contributed by atoms with Gasteiger partial charge in [-0.1, -0.05) is 54.1 Å². The molecule has 0 fully saturated rings. The Morgan fingerprint density at radius 3 is 1.92 bits per heavy atom. The number of aliphatic hydroxyl groups excluding tert-OH is 1. The quantitative estimate of drug-likeness (QED) is 0.485. The zero-order valence-corrected chi connectivity index (χ0v) is 14.2. The number of carbonyl (C=O) groups is 1. The molecule has 5 nitrogen and oxygen atoms in total. The van der Waals surface area contributed by atoms with Crippen LogP contribution in [0.15, 0.2) is 48.5 Å². The van der Waals surface area contributed by atoms with Crippen LogP contribution in [0.1, 0.15) is 31.0 Å². The molecule has 4 N–H and O–H groups in total. The van der Waals surface area contributed by atoms with E-state index in [1.807, 2.05) is 31.2 Å². The minimum Gasteiger partial charge on any atom is -0.391 e. The molecule has 1 amide bonds. The summed E-state index contributed by atoms with van der Waals surface area (Å²) in [5, 5.41) is 21.5. The first kappa shape index (κ1) is 18.1. The summed E-state index contributed by atoms with van der Waals surface area (Å²) in [4.78, 5) is 11.6. The van der Waals surface area contributed by atoms with Crippen molar-refractivity contribution in [3.63, 3.8) is 0 Å². The molecule has 0 bridgehead atoms. The Morgan fingerprint density at radius 1 is 0.958 bits per heavy atom.